The van der Waals surface area contributed by atoms with Crippen molar-refractivity contribution in [1.82, 2.24) is 9.88 Å². The van der Waals surface area contributed by atoms with E-state index in [2.05, 4.69) is 4.98 Å². The van der Waals surface area contributed by atoms with Gasteiger partial charge in [0.15, 0.2) is 0 Å². The van der Waals surface area contributed by atoms with Crippen LogP contribution in [-0.4, -0.2) is 39.0 Å². The maximum atomic E-state index is 12.6. The predicted octanol–water partition coefficient (Wildman–Crippen LogP) is 3.25. The summed E-state index contributed by atoms with van der Waals surface area (Å²) in [5.74, 6) is -1.32. The van der Waals surface area contributed by atoms with Crippen molar-refractivity contribution < 1.29 is 14.7 Å². The van der Waals surface area contributed by atoms with Gasteiger partial charge in [-0.1, -0.05) is 36.5 Å². The Morgan fingerprint density at radius 1 is 1.48 bits per heavy atom. The van der Waals surface area contributed by atoms with Gasteiger partial charge in [0.1, 0.15) is 10.7 Å². The zero-order valence-corrected chi connectivity index (χ0v) is 13.1. The Morgan fingerprint density at radius 2 is 2.19 bits per heavy atom. The highest BCUT2D eigenvalue weighted by molar-refractivity contribution is 6.41. The Kier molecular flexibility index (Phi) is 4.74. The SMILES string of the molecule is CCCC1(C(=O)O)CCCN1C(=O)c1cnc(Cl)c(Cl)c1. The number of hydrogen-bond donors (Lipinski definition) is 1. The van der Waals surface area contributed by atoms with Gasteiger partial charge in [0.25, 0.3) is 5.91 Å². The first-order valence-corrected chi connectivity index (χ1v) is 7.54. The third kappa shape index (κ3) is 2.85. The van der Waals surface area contributed by atoms with Gasteiger partial charge < -0.3 is 10.0 Å². The van der Waals surface area contributed by atoms with Gasteiger partial charge in [0, 0.05) is 12.7 Å². The molecule has 7 heteroatoms. The van der Waals surface area contributed by atoms with Crippen LogP contribution in [0.15, 0.2) is 12.3 Å². The minimum absolute atomic E-state index is 0.118. The number of halogens is 2. The summed E-state index contributed by atoms with van der Waals surface area (Å²) in [7, 11) is 0. The Bertz CT molecular complexity index is 579. The second-order valence-electron chi connectivity index (χ2n) is 5.14. The first-order valence-electron chi connectivity index (χ1n) is 6.79. The van der Waals surface area contributed by atoms with E-state index in [-0.39, 0.29) is 21.6 Å². The first kappa shape index (κ1) is 16.0. The number of carboxylic acid groups (broad SMARTS) is 1. The number of carboxylic acids is 1. The molecule has 21 heavy (non-hydrogen) atoms. The number of rotatable bonds is 4. The van der Waals surface area contributed by atoms with Crippen molar-refractivity contribution in [3.05, 3.63) is 28.0 Å². The molecule has 1 fully saturated rings. The smallest absolute Gasteiger partial charge is 0.329 e. The molecule has 2 heterocycles. The van der Waals surface area contributed by atoms with Crippen LogP contribution < -0.4 is 0 Å². The molecule has 114 valence electrons. The molecule has 1 atom stereocenters. The monoisotopic (exact) mass is 330 g/mol. The van der Waals surface area contributed by atoms with Gasteiger partial charge in [-0.15, -0.1) is 0 Å². The predicted molar refractivity (Wildman–Crippen MR) is 79.8 cm³/mol. The number of hydrogen-bond acceptors (Lipinski definition) is 3. The second kappa shape index (κ2) is 6.20. The van der Waals surface area contributed by atoms with E-state index >= 15 is 0 Å². The van der Waals surface area contributed by atoms with Crippen molar-refractivity contribution >= 4 is 35.1 Å². The molecule has 0 saturated carbocycles. The molecule has 0 spiro atoms. The topological polar surface area (TPSA) is 70.5 Å². The highest BCUT2D eigenvalue weighted by Crippen LogP contribution is 2.35. The van der Waals surface area contributed by atoms with Crippen molar-refractivity contribution in [3.63, 3.8) is 0 Å². The molecule has 0 aromatic carbocycles. The summed E-state index contributed by atoms with van der Waals surface area (Å²) in [5, 5.41) is 9.90. The van der Waals surface area contributed by atoms with Crippen LogP contribution >= 0.6 is 23.2 Å². The quantitative estimate of drug-likeness (QED) is 0.860. The van der Waals surface area contributed by atoms with Crippen LogP contribution in [0.1, 0.15) is 43.0 Å². The standard InChI is InChI=1S/C14H16Cl2N2O3/c1-2-4-14(13(20)21)5-3-6-18(14)12(19)9-7-10(15)11(16)17-8-9/h7-8H,2-6H2,1H3,(H,20,21). The molecule has 5 nitrogen and oxygen atoms in total. The summed E-state index contributed by atoms with van der Waals surface area (Å²) < 4.78 is 0. The van der Waals surface area contributed by atoms with Crippen molar-refractivity contribution in [2.24, 2.45) is 0 Å². The van der Waals surface area contributed by atoms with Gasteiger partial charge in [0.05, 0.1) is 10.6 Å². The lowest BCUT2D eigenvalue weighted by atomic mass is 9.90. The number of pyridine rings is 1. The molecule has 2 rings (SSSR count). The fraction of sp³-hybridized carbons (Fsp3) is 0.500. The lowest BCUT2D eigenvalue weighted by Gasteiger charge is -2.34. The van der Waals surface area contributed by atoms with Crippen molar-refractivity contribution in [2.45, 2.75) is 38.1 Å². The molecule has 1 saturated heterocycles. The van der Waals surface area contributed by atoms with Crippen LogP contribution in [0, 0.1) is 0 Å². The summed E-state index contributed by atoms with van der Waals surface area (Å²) in [6.07, 6.45) is 3.59. The minimum Gasteiger partial charge on any atom is -0.479 e. The molecule has 1 amide bonds. The summed E-state index contributed by atoms with van der Waals surface area (Å²) >= 11 is 11.6. The molecular formula is C14H16Cl2N2O3. The molecule has 1 aromatic heterocycles. The summed E-state index contributed by atoms with van der Waals surface area (Å²) in [6.45, 7) is 2.33. The van der Waals surface area contributed by atoms with Gasteiger partial charge in [-0.3, -0.25) is 4.79 Å². The molecule has 1 aliphatic rings. The lowest BCUT2D eigenvalue weighted by Crippen LogP contribution is -2.53. The van der Waals surface area contributed by atoms with Crippen LogP contribution in [0.25, 0.3) is 0 Å². The number of carbonyl (C=O) groups excluding carboxylic acids is 1. The number of amides is 1. The van der Waals surface area contributed by atoms with E-state index < -0.39 is 11.5 Å². The van der Waals surface area contributed by atoms with E-state index in [1.807, 2.05) is 6.92 Å². The second-order valence-corrected chi connectivity index (χ2v) is 5.91. The maximum Gasteiger partial charge on any atom is 0.329 e. The Morgan fingerprint density at radius 3 is 2.76 bits per heavy atom. The highest BCUT2D eigenvalue weighted by Gasteiger charge is 2.49. The number of aliphatic carboxylic acids is 1. The minimum atomic E-state index is -1.13. The molecule has 0 bridgehead atoms. The summed E-state index contributed by atoms with van der Waals surface area (Å²) in [6, 6.07) is 1.43. The van der Waals surface area contributed by atoms with E-state index in [0.717, 1.165) is 0 Å². The van der Waals surface area contributed by atoms with Gasteiger partial charge in [-0.05, 0) is 25.3 Å². The average molecular weight is 331 g/mol. The first-order chi connectivity index (χ1) is 9.92. The molecule has 1 unspecified atom stereocenters. The van der Waals surface area contributed by atoms with E-state index in [1.54, 1.807) is 0 Å². The van der Waals surface area contributed by atoms with Gasteiger partial charge >= 0.3 is 5.97 Å². The molecule has 1 N–H and O–H groups in total. The largest absolute Gasteiger partial charge is 0.479 e. The molecular weight excluding hydrogens is 315 g/mol. The molecule has 1 aliphatic heterocycles. The van der Waals surface area contributed by atoms with Crippen LogP contribution in [-0.2, 0) is 4.79 Å². The number of carbonyl (C=O) groups is 2. The zero-order valence-electron chi connectivity index (χ0n) is 11.6. The highest BCUT2D eigenvalue weighted by atomic mass is 35.5. The number of nitrogens with zero attached hydrogens (tertiary/aromatic N) is 2. The average Bonchev–Trinajstić information content (AvgIpc) is 2.86. The van der Waals surface area contributed by atoms with Crippen molar-refractivity contribution in [1.29, 1.82) is 0 Å². The van der Waals surface area contributed by atoms with E-state index in [1.165, 1.54) is 17.2 Å². The van der Waals surface area contributed by atoms with Gasteiger partial charge in [-0.2, -0.15) is 0 Å². The van der Waals surface area contributed by atoms with Crippen molar-refractivity contribution in [2.75, 3.05) is 6.54 Å². The van der Waals surface area contributed by atoms with Crippen LogP contribution in [0.2, 0.25) is 10.2 Å². The Labute approximate surface area is 132 Å². The van der Waals surface area contributed by atoms with Gasteiger partial charge in [0.2, 0.25) is 0 Å². The zero-order chi connectivity index (χ0) is 15.6. The van der Waals surface area contributed by atoms with Crippen LogP contribution in [0.3, 0.4) is 0 Å². The van der Waals surface area contributed by atoms with Crippen molar-refractivity contribution in [3.8, 4) is 0 Å². The lowest BCUT2D eigenvalue weighted by molar-refractivity contribution is -0.148. The molecule has 1 aromatic rings. The number of aromatic nitrogens is 1. The number of likely N-dealkylation sites (tertiary alicyclic amines) is 1. The summed E-state index contributed by atoms with van der Waals surface area (Å²) in [4.78, 5) is 29.6. The van der Waals surface area contributed by atoms with E-state index in [9.17, 15) is 14.7 Å². The van der Waals surface area contributed by atoms with E-state index in [4.69, 9.17) is 23.2 Å². The fourth-order valence-corrected chi connectivity index (χ4v) is 3.14. The fourth-order valence-electron chi connectivity index (χ4n) is 2.87. The molecule has 0 radical (unpaired) electrons. The third-order valence-corrected chi connectivity index (χ3v) is 4.52. The summed E-state index contributed by atoms with van der Waals surface area (Å²) in [5.41, 5.74) is -0.870. The third-order valence-electron chi connectivity index (χ3n) is 3.84. The van der Waals surface area contributed by atoms with Crippen LogP contribution in [0.4, 0.5) is 0 Å². The Hall–Kier alpha value is -1.33. The Balaban J connectivity index is 2.36. The van der Waals surface area contributed by atoms with Gasteiger partial charge in [-0.25, -0.2) is 9.78 Å². The molecule has 0 aliphatic carbocycles. The normalized spacial score (nSPS) is 21.6. The van der Waals surface area contributed by atoms with Crippen LogP contribution in [0.5, 0.6) is 0 Å². The maximum absolute atomic E-state index is 12.6. The van der Waals surface area contributed by atoms with E-state index in [0.29, 0.717) is 32.2 Å².